The Kier molecular flexibility index (Phi) is 4.14. The summed E-state index contributed by atoms with van der Waals surface area (Å²) in [4.78, 5) is 13.3. The number of aromatic nitrogens is 2. The third-order valence-corrected chi connectivity index (χ3v) is 4.50. The van der Waals surface area contributed by atoms with Gasteiger partial charge in [-0.25, -0.2) is 0 Å². The lowest BCUT2D eigenvalue weighted by molar-refractivity contribution is -0.137. The summed E-state index contributed by atoms with van der Waals surface area (Å²) in [6, 6.07) is 8.07. The molecule has 0 bridgehead atoms. The quantitative estimate of drug-likeness (QED) is 0.751. The number of halogens is 3. The minimum Gasteiger partial charge on any atom is -0.321 e. The van der Waals surface area contributed by atoms with Crippen molar-refractivity contribution < 1.29 is 18.0 Å². The first-order valence-corrected chi connectivity index (χ1v) is 7.95. The first-order valence-electron chi connectivity index (χ1n) is 6.30. The molecule has 0 unspecified atom stereocenters. The van der Waals surface area contributed by atoms with Crippen LogP contribution in [0.4, 0.5) is 18.9 Å². The molecule has 2 heterocycles. The number of carbonyl (C=O) groups excluding carboxylic acids is 1. The van der Waals surface area contributed by atoms with Gasteiger partial charge in [-0.3, -0.25) is 4.79 Å². The molecule has 0 saturated carbocycles. The van der Waals surface area contributed by atoms with Crippen molar-refractivity contribution in [3.8, 4) is 10.6 Å². The molecule has 23 heavy (non-hydrogen) atoms. The lowest BCUT2D eigenvalue weighted by Gasteiger charge is -2.09. The van der Waals surface area contributed by atoms with Gasteiger partial charge >= 0.3 is 6.18 Å². The molecule has 0 atom stereocenters. The summed E-state index contributed by atoms with van der Waals surface area (Å²) in [7, 11) is 0. The highest BCUT2D eigenvalue weighted by Crippen LogP contribution is 2.32. The van der Waals surface area contributed by atoms with Crippen LogP contribution in [0.15, 0.2) is 41.8 Å². The number of nitrogens with zero attached hydrogens (tertiary/aromatic N) is 2. The van der Waals surface area contributed by atoms with Crippen molar-refractivity contribution in [1.29, 1.82) is 0 Å². The van der Waals surface area contributed by atoms with Crippen LogP contribution < -0.4 is 5.32 Å². The standard InChI is InChI=1S/C14H8F3N3OS2/c15-14(16,17)8-3-1-4-9(7-8)18-13(21)12-11(19-20-23-12)10-5-2-6-22-10/h1-7H,(H,18,21). The van der Waals surface area contributed by atoms with Crippen molar-refractivity contribution in [1.82, 2.24) is 9.59 Å². The van der Waals surface area contributed by atoms with Gasteiger partial charge < -0.3 is 5.32 Å². The molecule has 3 rings (SSSR count). The summed E-state index contributed by atoms with van der Waals surface area (Å²) in [6.45, 7) is 0. The SMILES string of the molecule is O=C(Nc1cccc(C(F)(F)F)c1)c1snnc1-c1cccs1. The molecule has 0 spiro atoms. The Morgan fingerprint density at radius 1 is 1.17 bits per heavy atom. The Morgan fingerprint density at radius 2 is 2.00 bits per heavy atom. The minimum absolute atomic E-state index is 0.0651. The fourth-order valence-corrected chi connectivity index (χ4v) is 3.23. The van der Waals surface area contributed by atoms with E-state index in [0.717, 1.165) is 28.5 Å². The van der Waals surface area contributed by atoms with Crippen LogP contribution >= 0.6 is 22.9 Å². The van der Waals surface area contributed by atoms with E-state index in [1.165, 1.54) is 23.5 Å². The maximum atomic E-state index is 12.7. The largest absolute Gasteiger partial charge is 0.416 e. The molecular formula is C14H8F3N3OS2. The second-order valence-electron chi connectivity index (χ2n) is 4.46. The molecule has 1 N–H and O–H groups in total. The Morgan fingerprint density at radius 3 is 2.70 bits per heavy atom. The predicted octanol–water partition coefficient (Wildman–Crippen LogP) is 4.54. The molecule has 4 nitrogen and oxygen atoms in total. The number of thiophene rings is 1. The number of nitrogens with one attached hydrogen (secondary N) is 1. The number of carbonyl (C=O) groups is 1. The zero-order chi connectivity index (χ0) is 16.4. The molecule has 0 fully saturated rings. The van der Waals surface area contributed by atoms with Gasteiger partial charge in [-0.2, -0.15) is 13.2 Å². The third-order valence-electron chi connectivity index (χ3n) is 2.90. The third kappa shape index (κ3) is 3.40. The summed E-state index contributed by atoms with van der Waals surface area (Å²) >= 11 is 2.30. The summed E-state index contributed by atoms with van der Waals surface area (Å²) in [5, 5.41) is 8.21. The van der Waals surface area contributed by atoms with Crippen molar-refractivity contribution in [2.24, 2.45) is 0 Å². The molecular weight excluding hydrogens is 347 g/mol. The van der Waals surface area contributed by atoms with Gasteiger partial charge in [-0.05, 0) is 41.2 Å². The van der Waals surface area contributed by atoms with Gasteiger partial charge in [0, 0.05) is 5.69 Å². The van der Waals surface area contributed by atoms with E-state index in [1.807, 2.05) is 11.4 Å². The Labute approximate surface area is 136 Å². The fourth-order valence-electron chi connectivity index (χ4n) is 1.88. The molecule has 0 aliphatic heterocycles. The molecule has 0 aliphatic carbocycles. The first-order chi connectivity index (χ1) is 10.9. The van der Waals surface area contributed by atoms with Gasteiger partial charge in [-0.1, -0.05) is 16.6 Å². The molecule has 0 radical (unpaired) electrons. The van der Waals surface area contributed by atoms with Crippen LogP contribution in [0.3, 0.4) is 0 Å². The molecule has 118 valence electrons. The van der Waals surface area contributed by atoms with Gasteiger partial charge in [0.15, 0.2) is 0 Å². The molecule has 0 saturated heterocycles. The Bertz CT molecular complexity index is 828. The van der Waals surface area contributed by atoms with Crippen molar-refractivity contribution >= 4 is 34.5 Å². The maximum Gasteiger partial charge on any atom is 0.416 e. The topological polar surface area (TPSA) is 54.9 Å². The highest BCUT2D eigenvalue weighted by molar-refractivity contribution is 7.14. The normalized spacial score (nSPS) is 11.4. The van der Waals surface area contributed by atoms with Gasteiger partial charge in [0.25, 0.3) is 5.91 Å². The minimum atomic E-state index is -4.46. The summed E-state index contributed by atoms with van der Waals surface area (Å²) in [6.07, 6.45) is -4.46. The van der Waals surface area contributed by atoms with Crippen LogP contribution in [0.1, 0.15) is 15.2 Å². The lowest BCUT2D eigenvalue weighted by Crippen LogP contribution is -2.12. The second-order valence-corrected chi connectivity index (χ2v) is 6.16. The Hall–Kier alpha value is -2.26. The van der Waals surface area contributed by atoms with Crippen LogP contribution in [0.2, 0.25) is 0 Å². The number of alkyl halides is 3. The summed E-state index contributed by atoms with van der Waals surface area (Å²) < 4.78 is 41.9. The molecule has 1 amide bonds. The van der Waals surface area contributed by atoms with Crippen LogP contribution in [0.25, 0.3) is 10.6 Å². The smallest absolute Gasteiger partial charge is 0.321 e. The lowest BCUT2D eigenvalue weighted by atomic mass is 10.2. The predicted molar refractivity (Wildman–Crippen MR) is 82.6 cm³/mol. The van der Waals surface area contributed by atoms with E-state index in [2.05, 4.69) is 14.9 Å². The van der Waals surface area contributed by atoms with Crippen molar-refractivity contribution in [2.75, 3.05) is 5.32 Å². The van der Waals surface area contributed by atoms with Gasteiger partial charge in [0.2, 0.25) is 0 Å². The van der Waals surface area contributed by atoms with E-state index in [-0.39, 0.29) is 10.6 Å². The van der Waals surface area contributed by atoms with Crippen molar-refractivity contribution in [3.63, 3.8) is 0 Å². The van der Waals surface area contributed by atoms with Crippen LogP contribution in [0, 0.1) is 0 Å². The molecule has 2 aromatic heterocycles. The van der Waals surface area contributed by atoms with E-state index in [9.17, 15) is 18.0 Å². The maximum absolute atomic E-state index is 12.7. The Balaban J connectivity index is 1.85. The zero-order valence-corrected chi connectivity index (χ0v) is 12.9. The zero-order valence-electron chi connectivity index (χ0n) is 11.3. The monoisotopic (exact) mass is 355 g/mol. The van der Waals surface area contributed by atoms with E-state index < -0.39 is 17.6 Å². The average Bonchev–Trinajstić information content (AvgIpc) is 3.17. The number of benzene rings is 1. The number of rotatable bonds is 3. The summed E-state index contributed by atoms with van der Waals surface area (Å²) in [5.41, 5.74) is -0.332. The summed E-state index contributed by atoms with van der Waals surface area (Å²) in [5.74, 6) is -0.539. The number of anilines is 1. The van der Waals surface area contributed by atoms with Gasteiger partial charge in [0.05, 0.1) is 10.4 Å². The first kappa shape index (κ1) is 15.6. The van der Waals surface area contributed by atoms with E-state index >= 15 is 0 Å². The van der Waals surface area contributed by atoms with Gasteiger partial charge in [-0.15, -0.1) is 16.4 Å². The van der Waals surface area contributed by atoms with Crippen LogP contribution in [0.5, 0.6) is 0 Å². The molecule has 3 aromatic rings. The highest BCUT2D eigenvalue weighted by Gasteiger charge is 2.30. The highest BCUT2D eigenvalue weighted by atomic mass is 32.1. The second kappa shape index (κ2) is 6.09. The molecule has 1 aromatic carbocycles. The van der Waals surface area contributed by atoms with E-state index in [0.29, 0.717) is 5.69 Å². The number of amides is 1. The van der Waals surface area contributed by atoms with Crippen LogP contribution in [-0.4, -0.2) is 15.5 Å². The van der Waals surface area contributed by atoms with Crippen molar-refractivity contribution in [2.45, 2.75) is 6.18 Å². The van der Waals surface area contributed by atoms with E-state index in [1.54, 1.807) is 6.07 Å². The van der Waals surface area contributed by atoms with E-state index in [4.69, 9.17) is 0 Å². The number of hydrogen-bond donors (Lipinski definition) is 1. The van der Waals surface area contributed by atoms with Crippen LogP contribution in [-0.2, 0) is 6.18 Å². The number of hydrogen-bond acceptors (Lipinski definition) is 5. The molecule has 0 aliphatic rings. The van der Waals surface area contributed by atoms with Gasteiger partial charge in [0.1, 0.15) is 10.6 Å². The average molecular weight is 355 g/mol. The fraction of sp³-hybridized carbons (Fsp3) is 0.0714. The molecule has 9 heteroatoms. The van der Waals surface area contributed by atoms with Crippen molar-refractivity contribution in [3.05, 3.63) is 52.2 Å².